The van der Waals surface area contributed by atoms with Gasteiger partial charge in [0.1, 0.15) is 41.9 Å². The van der Waals surface area contributed by atoms with Gasteiger partial charge in [0, 0.05) is 12.7 Å². The number of benzene rings is 1. The highest BCUT2D eigenvalue weighted by molar-refractivity contribution is 7.99. The molecule has 0 spiro atoms. The Bertz CT molecular complexity index is 761. The van der Waals surface area contributed by atoms with Gasteiger partial charge in [-0.05, 0) is 36.4 Å². The summed E-state index contributed by atoms with van der Waals surface area (Å²) in [5.41, 5.74) is 0. The summed E-state index contributed by atoms with van der Waals surface area (Å²) in [6.07, 6.45) is 1.55. The molecule has 1 fully saturated rings. The Morgan fingerprint density at radius 3 is 2.56 bits per heavy atom. The number of carbonyl (C=O) groups is 2. The van der Waals surface area contributed by atoms with Crippen LogP contribution in [0.3, 0.4) is 0 Å². The first-order valence-corrected chi connectivity index (χ1v) is 9.52. The van der Waals surface area contributed by atoms with E-state index in [2.05, 4.69) is 0 Å². The van der Waals surface area contributed by atoms with Gasteiger partial charge < -0.3 is 23.5 Å². The molecule has 0 unspecified atom stereocenters. The van der Waals surface area contributed by atoms with Gasteiger partial charge in [-0.3, -0.25) is 4.79 Å². The van der Waals surface area contributed by atoms with Crippen LogP contribution in [0.2, 0.25) is 0 Å². The third kappa shape index (κ3) is 4.57. The van der Waals surface area contributed by atoms with Gasteiger partial charge in [-0.25, -0.2) is 4.79 Å². The first kappa shape index (κ1) is 19.2. The fourth-order valence-electron chi connectivity index (χ4n) is 2.79. The van der Waals surface area contributed by atoms with E-state index in [0.717, 1.165) is 5.75 Å². The fraction of sp³-hybridized carbons (Fsp3) is 0.368. The van der Waals surface area contributed by atoms with E-state index in [-0.39, 0.29) is 24.5 Å². The summed E-state index contributed by atoms with van der Waals surface area (Å²) in [5, 5.41) is -0.314. The van der Waals surface area contributed by atoms with Gasteiger partial charge in [-0.2, -0.15) is 0 Å². The Kier molecular flexibility index (Phi) is 6.28. The molecule has 1 aromatic heterocycles. The summed E-state index contributed by atoms with van der Waals surface area (Å²) >= 11 is 1.48. The molecule has 2 heterocycles. The summed E-state index contributed by atoms with van der Waals surface area (Å²) in [6, 6.07) is 10.1. The van der Waals surface area contributed by atoms with Crippen molar-refractivity contribution in [3.8, 4) is 11.5 Å². The Hall–Kier alpha value is -2.61. The van der Waals surface area contributed by atoms with Crippen molar-refractivity contribution < 1.29 is 28.2 Å². The molecule has 8 heteroatoms. The number of amides is 1. The highest BCUT2D eigenvalue weighted by atomic mass is 32.2. The number of esters is 1. The number of hydrogen-bond acceptors (Lipinski definition) is 7. The largest absolute Gasteiger partial charge is 0.497 e. The molecule has 1 saturated heterocycles. The van der Waals surface area contributed by atoms with Crippen molar-refractivity contribution in [2.75, 3.05) is 26.1 Å². The minimum atomic E-state index is -0.636. The van der Waals surface area contributed by atoms with Gasteiger partial charge in [0.2, 0.25) is 5.91 Å². The molecule has 0 radical (unpaired) electrons. The molecule has 1 aliphatic rings. The van der Waals surface area contributed by atoms with Crippen molar-refractivity contribution in [3.63, 3.8) is 0 Å². The zero-order valence-electron chi connectivity index (χ0n) is 15.1. The van der Waals surface area contributed by atoms with Crippen LogP contribution in [0, 0.1) is 0 Å². The van der Waals surface area contributed by atoms with Crippen LogP contribution in [0.25, 0.3) is 0 Å². The van der Waals surface area contributed by atoms with E-state index in [1.165, 1.54) is 23.6 Å². The quantitative estimate of drug-likeness (QED) is 0.530. The van der Waals surface area contributed by atoms with Crippen molar-refractivity contribution in [1.82, 2.24) is 4.90 Å². The average molecular weight is 391 g/mol. The zero-order chi connectivity index (χ0) is 19.2. The molecule has 0 saturated carbocycles. The molecule has 1 aromatic carbocycles. The molecule has 27 heavy (non-hydrogen) atoms. The Morgan fingerprint density at radius 2 is 1.93 bits per heavy atom. The molecule has 1 amide bonds. The molecule has 3 rings (SSSR count). The molecule has 7 nitrogen and oxygen atoms in total. The van der Waals surface area contributed by atoms with Crippen LogP contribution in [0.1, 0.15) is 18.1 Å². The molecular weight excluding hydrogens is 370 g/mol. The van der Waals surface area contributed by atoms with Crippen LogP contribution in [0.4, 0.5) is 0 Å². The van der Waals surface area contributed by atoms with Gasteiger partial charge in [0.05, 0.1) is 13.4 Å². The molecule has 0 N–H and O–H groups in total. The monoisotopic (exact) mass is 391 g/mol. The van der Waals surface area contributed by atoms with Gasteiger partial charge >= 0.3 is 5.97 Å². The number of methoxy groups -OCH3 is 1. The third-order valence-corrected chi connectivity index (χ3v) is 5.36. The normalized spacial score (nSPS) is 19.0. The van der Waals surface area contributed by atoms with Crippen LogP contribution < -0.4 is 9.47 Å². The smallest absolute Gasteiger partial charge is 0.329 e. The minimum Gasteiger partial charge on any atom is -0.497 e. The van der Waals surface area contributed by atoms with E-state index >= 15 is 0 Å². The molecular formula is C19H21NO6S. The second-order valence-electron chi connectivity index (χ2n) is 5.83. The van der Waals surface area contributed by atoms with Crippen molar-refractivity contribution in [1.29, 1.82) is 0 Å². The maximum Gasteiger partial charge on any atom is 0.329 e. The van der Waals surface area contributed by atoms with E-state index in [0.29, 0.717) is 17.3 Å². The lowest BCUT2D eigenvalue weighted by molar-refractivity contribution is -0.154. The number of hydrogen-bond donors (Lipinski definition) is 0. The first-order valence-electron chi connectivity index (χ1n) is 8.47. The highest BCUT2D eigenvalue weighted by Crippen LogP contribution is 2.41. The fourth-order valence-corrected chi connectivity index (χ4v) is 4.21. The maximum absolute atomic E-state index is 12.4. The number of ether oxygens (including phenoxy) is 3. The van der Waals surface area contributed by atoms with Crippen molar-refractivity contribution >= 4 is 23.6 Å². The van der Waals surface area contributed by atoms with Crippen LogP contribution >= 0.6 is 11.8 Å². The van der Waals surface area contributed by atoms with E-state index in [9.17, 15) is 9.59 Å². The summed E-state index contributed by atoms with van der Waals surface area (Å²) in [7, 11) is 1.59. The average Bonchev–Trinajstić information content (AvgIpc) is 3.34. The molecule has 144 valence electrons. The summed E-state index contributed by atoms with van der Waals surface area (Å²) in [6.45, 7) is 1.76. The topological polar surface area (TPSA) is 78.2 Å². The lowest BCUT2D eigenvalue weighted by atomic mass is 10.2. The predicted molar refractivity (Wildman–Crippen MR) is 99.7 cm³/mol. The second kappa shape index (κ2) is 8.85. The zero-order valence-corrected chi connectivity index (χ0v) is 15.9. The lowest BCUT2D eigenvalue weighted by Crippen LogP contribution is -2.43. The highest BCUT2D eigenvalue weighted by Gasteiger charge is 2.43. The Morgan fingerprint density at radius 1 is 1.19 bits per heavy atom. The molecule has 2 aromatic rings. The standard InChI is InChI=1S/C19H21NO6S/c1-13(21)20-16(12-27-18(20)17-4-3-9-25-17)19(22)26-11-10-24-15-7-5-14(23-2)6-8-15/h3-9,16,18H,10-12H2,1-2H3/t16-,18+/m1/s1. The number of furan rings is 1. The number of rotatable bonds is 7. The summed E-state index contributed by atoms with van der Waals surface area (Å²) < 4.78 is 21.3. The minimum absolute atomic E-state index is 0.100. The van der Waals surface area contributed by atoms with Crippen molar-refractivity contribution in [3.05, 3.63) is 48.4 Å². The van der Waals surface area contributed by atoms with Crippen LogP contribution in [0.15, 0.2) is 47.1 Å². The van der Waals surface area contributed by atoms with Gasteiger partial charge in [0.15, 0.2) is 0 Å². The SMILES string of the molecule is COc1ccc(OCCOC(=O)[C@H]2CS[C@@H](c3ccco3)N2C(C)=O)cc1. The molecule has 2 atom stereocenters. The Labute approximate surface area is 161 Å². The predicted octanol–water partition coefficient (Wildman–Crippen LogP) is 2.87. The molecule has 0 bridgehead atoms. The first-order chi connectivity index (χ1) is 13.1. The molecule has 1 aliphatic heterocycles. The van der Waals surface area contributed by atoms with Gasteiger partial charge in [-0.1, -0.05) is 0 Å². The number of carbonyl (C=O) groups excluding carboxylic acids is 2. The van der Waals surface area contributed by atoms with Crippen LogP contribution in [-0.2, 0) is 14.3 Å². The third-order valence-electron chi connectivity index (χ3n) is 4.08. The van der Waals surface area contributed by atoms with E-state index in [1.54, 1.807) is 49.8 Å². The second-order valence-corrected chi connectivity index (χ2v) is 6.95. The van der Waals surface area contributed by atoms with Crippen molar-refractivity contribution in [2.45, 2.75) is 18.3 Å². The van der Waals surface area contributed by atoms with Crippen LogP contribution in [-0.4, -0.2) is 48.9 Å². The van der Waals surface area contributed by atoms with Crippen molar-refractivity contribution in [2.24, 2.45) is 0 Å². The maximum atomic E-state index is 12.4. The lowest BCUT2D eigenvalue weighted by Gasteiger charge is -2.25. The summed E-state index contributed by atoms with van der Waals surface area (Å²) in [5.74, 6) is 1.87. The Balaban J connectivity index is 1.50. The van der Waals surface area contributed by atoms with E-state index in [1.807, 2.05) is 0 Å². The summed E-state index contributed by atoms with van der Waals surface area (Å²) in [4.78, 5) is 26.0. The van der Waals surface area contributed by atoms with E-state index < -0.39 is 12.0 Å². The van der Waals surface area contributed by atoms with E-state index in [4.69, 9.17) is 18.6 Å². The number of nitrogens with zero attached hydrogens (tertiary/aromatic N) is 1. The van der Waals surface area contributed by atoms with Crippen LogP contribution in [0.5, 0.6) is 11.5 Å². The molecule has 0 aliphatic carbocycles. The van der Waals surface area contributed by atoms with Gasteiger partial charge in [0.25, 0.3) is 0 Å². The van der Waals surface area contributed by atoms with Gasteiger partial charge in [-0.15, -0.1) is 11.8 Å². The number of thioether (sulfide) groups is 1.